The van der Waals surface area contributed by atoms with Crippen LogP contribution in [-0.4, -0.2) is 17.2 Å². The van der Waals surface area contributed by atoms with Crippen LogP contribution in [0.3, 0.4) is 0 Å². The van der Waals surface area contributed by atoms with Gasteiger partial charge in [-0.2, -0.15) is 0 Å². The summed E-state index contributed by atoms with van der Waals surface area (Å²) in [5, 5.41) is 11.0. The van der Waals surface area contributed by atoms with Crippen molar-refractivity contribution in [3.8, 4) is 0 Å². The van der Waals surface area contributed by atoms with Gasteiger partial charge in [-0.05, 0) is 0 Å². The molecule has 0 atom stereocenters. The van der Waals surface area contributed by atoms with E-state index in [1.807, 2.05) is 0 Å². The van der Waals surface area contributed by atoms with Gasteiger partial charge in [-0.1, -0.05) is 25.9 Å². The Balaban J connectivity index is 4.32. The molecule has 0 aromatic carbocycles. The number of rotatable bonds is 1. The van der Waals surface area contributed by atoms with Gasteiger partial charge in [-0.3, -0.25) is 4.79 Å². The van der Waals surface area contributed by atoms with Crippen LogP contribution >= 0.6 is 0 Å². The molecule has 0 saturated heterocycles. The van der Waals surface area contributed by atoms with E-state index in [9.17, 15) is 4.79 Å². The molecule has 0 rings (SSSR count). The van der Waals surface area contributed by atoms with Crippen LogP contribution < -0.4 is 0 Å². The standard InChI is InChI=1S/C6H11NO2/c1-6(2,3)5(4-8)7-9/h4,9H,1-3H3. The van der Waals surface area contributed by atoms with Crippen LogP contribution in [-0.2, 0) is 4.79 Å². The van der Waals surface area contributed by atoms with E-state index in [1.54, 1.807) is 20.8 Å². The Labute approximate surface area is 54.4 Å². The first-order chi connectivity index (χ1) is 4.02. The molecule has 0 aliphatic rings. The Morgan fingerprint density at radius 1 is 1.56 bits per heavy atom. The fourth-order valence-electron chi connectivity index (χ4n) is 0.350. The quantitative estimate of drug-likeness (QED) is 0.249. The topological polar surface area (TPSA) is 49.7 Å². The predicted octanol–water partition coefficient (Wildman–Crippen LogP) is 1.06. The average Bonchev–Trinajstić information content (AvgIpc) is 1.65. The molecule has 0 aromatic heterocycles. The Kier molecular flexibility index (Phi) is 2.37. The van der Waals surface area contributed by atoms with Crippen LogP contribution in [0, 0.1) is 5.41 Å². The maximum Gasteiger partial charge on any atom is 0.168 e. The van der Waals surface area contributed by atoms with Crippen molar-refractivity contribution in [2.75, 3.05) is 0 Å². The van der Waals surface area contributed by atoms with E-state index in [1.165, 1.54) is 0 Å². The highest BCUT2D eigenvalue weighted by Gasteiger charge is 2.18. The molecule has 0 heterocycles. The number of hydrogen-bond donors (Lipinski definition) is 1. The lowest BCUT2D eigenvalue weighted by atomic mass is 9.91. The largest absolute Gasteiger partial charge is 0.411 e. The molecule has 3 nitrogen and oxygen atoms in total. The second-order valence-corrected chi connectivity index (χ2v) is 2.85. The van der Waals surface area contributed by atoms with Gasteiger partial charge in [-0.15, -0.1) is 0 Å². The minimum atomic E-state index is -0.351. The highest BCUT2D eigenvalue weighted by molar-refractivity contribution is 6.30. The van der Waals surface area contributed by atoms with Crippen LogP contribution in [0.25, 0.3) is 0 Å². The van der Waals surface area contributed by atoms with Gasteiger partial charge in [0.15, 0.2) is 6.29 Å². The van der Waals surface area contributed by atoms with Crippen LogP contribution in [0.1, 0.15) is 20.8 Å². The molecular weight excluding hydrogens is 118 g/mol. The van der Waals surface area contributed by atoms with Gasteiger partial charge in [0.1, 0.15) is 5.71 Å². The summed E-state index contributed by atoms with van der Waals surface area (Å²) < 4.78 is 0. The van der Waals surface area contributed by atoms with E-state index in [2.05, 4.69) is 5.16 Å². The number of aldehydes is 1. The molecule has 0 unspecified atom stereocenters. The molecule has 0 fully saturated rings. The molecular formula is C6H11NO2. The molecule has 0 saturated carbocycles. The van der Waals surface area contributed by atoms with Gasteiger partial charge in [0.05, 0.1) is 0 Å². The lowest BCUT2D eigenvalue weighted by Crippen LogP contribution is -2.21. The van der Waals surface area contributed by atoms with Crippen molar-refractivity contribution in [1.82, 2.24) is 0 Å². The van der Waals surface area contributed by atoms with E-state index in [-0.39, 0.29) is 11.1 Å². The van der Waals surface area contributed by atoms with Crippen LogP contribution in [0.5, 0.6) is 0 Å². The van der Waals surface area contributed by atoms with Gasteiger partial charge in [0.2, 0.25) is 0 Å². The van der Waals surface area contributed by atoms with E-state index in [0.29, 0.717) is 6.29 Å². The monoisotopic (exact) mass is 129 g/mol. The first-order valence-corrected chi connectivity index (χ1v) is 2.70. The van der Waals surface area contributed by atoms with Crippen LogP contribution in [0.2, 0.25) is 0 Å². The minimum Gasteiger partial charge on any atom is -0.411 e. The smallest absolute Gasteiger partial charge is 0.168 e. The second kappa shape index (κ2) is 2.62. The molecule has 1 N–H and O–H groups in total. The number of carbonyl (C=O) groups is 1. The van der Waals surface area contributed by atoms with E-state index in [4.69, 9.17) is 5.21 Å². The minimum absolute atomic E-state index is 0.169. The molecule has 0 aliphatic heterocycles. The van der Waals surface area contributed by atoms with E-state index < -0.39 is 0 Å². The third-order valence-electron chi connectivity index (χ3n) is 0.988. The Morgan fingerprint density at radius 3 is 2.00 bits per heavy atom. The third-order valence-corrected chi connectivity index (χ3v) is 0.988. The zero-order chi connectivity index (χ0) is 7.49. The molecule has 9 heavy (non-hydrogen) atoms. The molecule has 52 valence electrons. The normalized spacial score (nSPS) is 13.4. The van der Waals surface area contributed by atoms with Crippen molar-refractivity contribution in [2.24, 2.45) is 10.6 Å². The van der Waals surface area contributed by atoms with E-state index in [0.717, 1.165) is 0 Å². The van der Waals surface area contributed by atoms with Crippen molar-refractivity contribution in [2.45, 2.75) is 20.8 Å². The fourth-order valence-corrected chi connectivity index (χ4v) is 0.350. The Morgan fingerprint density at radius 2 is 2.00 bits per heavy atom. The van der Waals surface area contributed by atoms with Crippen molar-refractivity contribution in [1.29, 1.82) is 0 Å². The van der Waals surface area contributed by atoms with Crippen molar-refractivity contribution in [3.63, 3.8) is 0 Å². The number of hydrogen-bond acceptors (Lipinski definition) is 3. The summed E-state index contributed by atoms with van der Waals surface area (Å²) >= 11 is 0. The number of oxime groups is 1. The summed E-state index contributed by atoms with van der Waals surface area (Å²) in [6.07, 6.45) is 0.556. The SMILES string of the molecule is CC(C)(C)C(C=O)=NO. The molecule has 0 radical (unpaired) electrons. The van der Waals surface area contributed by atoms with Gasteiger partial charge < -0.3 is 5.21 Å². The van der Waals surface area contributed by atoms with Crippen molar-refractivity contribution in [3.05, 3.63) is 0 Å². The summed E-state index contributed by atoms with van der Waals surface area (Å²) in [4.78, 5) is 10.1. The lowest BCUT2D eigenvalue weighted by molar-refractivity contribution is -0.103. The van der Waals surface area contributed by atoms with Gasteiger partial charge in [0, 0.05) is 5.41 Å². The van der Waals surface area contributed by atoms with Crippen molar-refractivity contribution < 1.29 is 10.0 Å². The molecule has 0 bridgehead atoms. The zero-order valence-corrected chi connectivity index (χ0v) is 5.88. The third kappa shape index (κ3) is 2.26. The number of nitrogens with zero attached hydrogens (tertiary/aromatic N) is 1. The van der Waals surface area contributed by atoms with Crippen LogP contribution in [0.15, 0.2) is 5.16 Å². The van der Waals surface area contributed by atoms with Gasteiger partial charge in [-0.25, -0.2) is 0 Å². The Hall–Kier alpha value is -0.860. The highest BCUT2D eigenvalue weighted by Crippen LogP contribution is 2.13. The number of carbonyl (C=O) groups excluding carboxylic acids is 1. The zero-order valence-electron chi connectivity index (χ0n) is 5.88. The first kappa shape index (κ1) is 8.14. The summed E-state index contributed by atoms with van der Waals surface area (Å²) in [5.41, 5.74) is -0.182. The first-order valence-electron chi connectivity index (χ1n) is 2.70. The summed E-state index contributed by atoms with van der Waals surface area (Å²) in [7, 11) is 0. The van der Waals surface area contributed by atoms with Crippen molar-refractivity contribution >= 4 is 12.0 Å². The maximum absolute atomic E-state index is 10.1. The molecule has 0 amide bonds. The summed E-state index contributed by atoms with van der Waals surface area (Å²) in [5.74, 6) is 0. The molecule has 3 heteroatoms. The molecule has 0 spiro atoms. The van der Waals surface area contributed by atoms with Gasteiger partial charge >= 0.3 is 0 Å². The van der Waals surface area contributed by atoms with Crippen LogP contribution in [0.4, 0.5) is 0 Å². The Bertz CT molecular complexity index is 132. The second-order valence-electron chi connectivity index (χ2n) is 2.85. The highest BCUT2D eigenvalue weighted by atomic mass is 16.4. The lowest BCUT2D eigenvalue weighted by Gasteiger charge is -2.13. The average molecular weight is 129 g/mol. The van der Waals surface area contributed by atoms with Gasteiger partial charge in [0.25, 0.3) is 0 Å². The fraction of sp³-hybridized carbons (Fsp3) is 0.667. The van der Waals surface area contributed by atoms with E-state index >= 15 is 0 Å². The molecule has 0 aliphatic carbocycles. The summed E-state index contributed by atoms with van der Waals surface area (Å²) in [6.45, 7) is 5.41. The molecule has 0 aromatic rings. The summed E-state index contributed by atoms with van der Waals surface area (Å²) in [6, 6.07) is 0. The predicted molar refractivity (Wildman–Crippen MR) is 34.7 cm³/mol. The maximum atomic E-state index is 10.1.